The first-order valence-corrected chi connectivity index (χ1v) is 11.9. The number of anilines is 2. The summed E-state index contributed by atoms with van der Waals surface area (Å²) in [4.78, 5) is 29.0. The van der Waals surface area contributed by atoms with Crippen LogP contribution in [0.4, 0.5) is 21.6 Å². The first kappa shape index (κ1) is 24.8. The lowest BCUT2D eigenvalue weighted by molar-refractivity contribution is -0.387. The van der Waals surface area contributed by atoms with E-state index in [9.17, 15) is 19.3 Å². The highest BCUT2D eigenvalue weighted by molar-refractivity contribution is 5.87. The summed E-state index contributed by atoms with van der Waals surface area (Å²) in [6.45, 7) is 10.3. The van der Waals surface area contributed by atoms with Crippen LogP contribution in [0.25, 0.3) is 0 Å². The van der Waals surface area contributed by atoms with Gasteiger partial charge in [-0.05, 0) is 51.8 Å². The number of hydrogen-bond donors (Lipinski definition) is 0. The maximum atomic E-state index is 14.0. The number of nitro groups is 1. The zero-order chi connectivity index (χ0) is 25.2. The molecule has 2 saturated heterocycles. The van der Waals surface area contributed by atoms with E-state index in [-0.39, 0.29) is 5.69 Å². The second-order valence-electron chi connectivity index (χ2n) is 9.91. The molecule has 0 aliphatic carbocycles. The SMILES string of the molecule is CC(C)(C)OC(=O)c1ccc(N2CCC(N3CCN(c4ccc([N+](=O)[O-])c(F)c4)CC3)CC2)nn1. The van der Waals surface area contributed by atoms with E-state index in [0.29, 0.717) is 11.7 Å². The Morgan fingerprint density at radius 2 is 1.71 bits per heavy atom. The Morgan fingerprint density at radius 1 is 1.03 bits per heavy atom. The zero-order valence-electron chi connectivity index (χ0n) is 20.3. The first-order valence-electron chi connectivity index (χ1n) is 11.9. The molecular formula is C24H31FN6O4. The van der Waals surface area contributed by atoms with Crippen molar-refractivity contribution in [3.8, 4) is 0 Å². The van der Waals surface area contributed by atoms with Crippen molar-refractivity contribution in [1.29, 1.82) is 0 Å². The van der Waals surface area contributed by atoms with Gasteiger partial charge in [0.15, 0.2) is 11.5 Å². The van der Waals surface area contributed by atoms with Gasteiger partial charge in [0, 0.05) is 63.1 Å². The fourth-order valence-corrected chi connectivity index (χ4v) is 4.58. The Labute approximate surface area is 203 Å². The number of rotatable bonds is 5. The molecule has 1 aromatic carbocycles. The van der Waals surface area contributed by atoms with E-state index >= 15 is 0 Å². The van der Waals surface area contributed by atoms with Crippen LogP contribution in [0.1, 0.15) is 44.1 Å². The molecule has 0 unspecified atom stereocenters. The molecule has 0 atom stereocenters. The number of piperazine rings is 1. The Morgan fingerprint density at radius 3 is 2.26 bits per heavy atom. The molecule has 4 rings (SSSR count). The second-order valence-corrected chi connectivity index (χ2v) is 9.91. The number of benzene rings is 1. The molecule has 2 fully saturated rings. The number of nitrogens with zero attached hydrogens (tertiary/aromatic N) is 6. The maximum absolute atomic E-state index is 14.0. The number of carbonyl (C=O) groups is 1. The van der Waals surface area contributed by atoms with Crippen LogP contribution in [0.5, 0.6) is 0 Å². The molecule has 0 bridgehead atoms. The van der Waals surface area contributed by atoms with Crippen LogP contribution in [0.2, 0.25) is 0 Å². The highest BCUT2D eigenvalue weighted by Crippen LogP contribution is 2.26. The average molecular weight is 487 g/mol. The number of aromatic nitrogens is 2. The predicted molar refractivity (Wildman–Crippen MR) is 129 cm³/mol. The minimum atomic E-state index is -0.801. The van der Waals surface area contributed by atoms with E-state index < -0.39 is 28.0 Å². The molecule has 0 saturated carbocycles. The lowest BCUT2D eigenvalue weighted by atomic mass is 10.0. The summed E-state index contributed by atoms with van der Waals surface area (Å²) in [5.74, 6) is -0.531. The molecule has 11 heteroatoms. The molecule has 1 aromatic heterocycles. The van der Waals surface area contributed by atoms with Crippen LogP contribution in [0, 0.1) is 15.9 Å². The summed E-state index contributed by atoms with van der Waals surface area (Å²) in [6, 6.07) is 8.02. The monoisotopic (exact) mass is 486 g/mol. The molecule has 2 aliphatic rings. The third-order valence-corrected chi connectivity index (χ3v) is 6.37. The van der Waals surface area contributed by atoms with E-state index in [4.69, 9.17) is 4.74 Å². The van der Waals surface area contributed by atoms with Gasteiger partial charge < -0.3 is 14.5 Å². The van der Waals surface area contributed by atoms with Crippen LogP contribution in [0.3, 0.4) is 0 Å². The van der Waals surface area contributed by atoms with Gasteiger partial charge in [0.25, 0.3) is 0 Å². The van der Waals surface area contributed by atoms with E-state index in [1.807, 2.05) is 26.8 Å². The summed E-state index contributed by atoms with van der Waals surface area (Å²) >= 11 is 0. The molecule has 2 aromatic rings. The summed E-state index contributed by atoms with van der Waals surface area (Å²) in [5.41, 5.74) is -0.202. The van der Waals surface area contributed by atoms with Crippen LogP contribution in [0.15, 0.2) is 30.3 Å². The molecule has 0 amide bonds. The normalized spacial score (nSPS) is 17.9. The lowest BCUT2D eigenvalue weighted by Crippen LogP contribution is -2.53. The smallest absolute Gasteiger partial charge is 0.359 e. The number of ether oxygens (including phenoxy) is 1. The zero-order valence-corrected chi connectivity index (χ0v) is 20.3. The Hall–Kier alpha value is -3.34. The van der Waals surface area contributed by atoms with Crippen molar-refractivity contribution in [2.24, 2.45) is 0 Å². The molecular weight excluding hydrogens is 455 g/mol. The maximum Gasteiger partial charge on any atom is 0.359 e. The molecule has 0 N–H and O–H groups in total. The Bertz CT molecular complexity index is 1060. The fraction of sp³-hybridized carbons (Fsp3) is 0.542. The molecule has 2 aliphatic heterocycles. The topological polar surface area (TPSA) is 105 Å². The van der Waals surface area contributed by atoms with Gasteiger partial charge in [-0.3, -0.25) is 15.0 Å². The number of halogens is 1. The quantitative estimate of drug-likeness (QED) is 0.358. The van der Waals surface area contributed by atoms with Crippen LogP contribution in [-0.4, -0.2) is 76.9 Å². The molecule has 3 heterocycles. The largest absolute Gasteiger partial charge is 0.455 e. The van der Waals surface area contributed by atoms with Crippen molar-refractivity contribution in [3.63, 3.8) is 0 Å². The standard InChI is InChI=1S/C24H31FN6O4/c1-24(2,3)35-23(32)20-5-7-22(27-26-20)30-10-8-17(9-11-30)28-12-14-29(15-13-28)18-4-6-21(31(33)34)19(25)16-18/h4-7,16-17H,8-15H2,1-3H3. The number of piperidine rings is 1. The van der Waals surface area contributed by atoms with Crippen molar-refractivity contribution in [3.05, 3.63) is 52.0 Å². The Kier molecular flexibility index (Phi) is 7.15. The number of nitro benzene ring substituents is 1. The molecule has 188 valence electrons. The van der Waals surface area contributed by atoms with Crippen LogP contribution < -0.4 is 9.80 Å². The summed E-state index contributed by atoms with van der Waals surface area (Å²) in [7, 11) is 0. The number of hydrogen-bond acceptors (Lipinski definition) is 9. The third kappa shape index (κ3) is 6.02. The number of carbonyl (C=O) groups excluding carboxylic acids is 1. The van der Waals surface area contributed by atoms with Crippen molar-refractivity contribution >= 4 is 23.2 Å². The van der Waals surface area contributed by atoms with Gasteiger partial charge in [0.05, 0.1) is 4.92 Å². The summed E-state index contributed by atoms with van der Waals surface area (Å²) in [5, 5.41) is 19.1. The predicted octanol–water partition coefficient (Wildman–Crippen LogP) is 3.27. The van der Waals surface area contributed by atoms with Gasteiger partial charge in [0.1, 0.15) is 5.60 Å². The van der Waals surface area contributed by atoms with Crippen LogP contribution >= 0.6 is 0 Å². The van der Waals surface area contributed by atoms with E-state index in [2.05, 4.69) is 24.9 Å². The average Bonchev–Trinajstić information content (AvgIpc) is 2.83. The minimum Gasteiger partial charge on any atom is -0.455 e. The van der Waals surface area contributed by atoms with Crippen molar-refractivity contribution in [2.75, 3.05) is 49.1 Å². The Balaban J connectivity index is 1.26. The van der Waals surface area contributed by atoms with Gasteiger partial charge in [-0.2, -0.15) is 4.39 Å². The highest BCUT2D eigenvalue weighted by Gasteiger charge is 2.29. The number of esters is 1. The van der Waals surface area contributed by atoms with Gasteiger partial charge >= 0.3 is 11.7 Å². The van der Waals surface area contributed by atoms with Crippen molar-refractivity contribution < 1.29 is 18.8 Å². The molecule has 0 spiro atoms. The fourth-order valence-electron chi connectivity index (χ4n) is 4.58. The van der Waals surface area contributed by atoms with Gasteiger partial charge in [-0.1, -0.05) is 0 Å². The van der Waals surface area contributed by atoms with Gasteiger partial charge in [0.2, 0.25) is 5.82 Å². The van der Waals surface area contributed by atoms with Crippen molar-refractivity contribution in [1.82, 2.24) is 15.1 Å². The summed E-state index contributed by atoms with van der Waals surface area (Å²) in [6.07, 6.45) is 1.98. The molecule has 0 radical (unpaired) electrons. The van der Waals surface area contributed by atoms with E-state index in [0.717, 1.165) is 57.9 Å². The molecule has 35 heavy (non-hydrogen) atoms. The second kappa shape index (κ2) is 10.1. The third-order valence-electron chi connectivity index (χ3n) is 6.37. The highest BCUT2D eigenvalue weighted by atomic mass is 19.1. The first-order chi connectivity index (χ1) is 16.6. The van der Waals surface area contributed by atoms with Gasteiger partial charge in [-0.25, -0.2) is 4.79 Å². The van der Waals surface area contributed by atoms with E-state index in [1.54, 1.807) is 12.1 Å². The summed E-state index contributed by atoms with van der Waals surface area (Å²) < 4.78 is 19.3. The van der Waals surface area contributed by atoms with E-state index in [1.165, 1.54) is 12.1 Å². The van der Waals surface area contributed by atoms with Crippen LogP contribution in [-0.2, 0) is 4.74 Å². The lowest BCUT2D eigenvalue weighted by Gasteiger charge is -2.43. The van der Waals surface area contributed by atoms with Crippen molar-refractivity contribution in [2.45, 2.75) is 45.3 Å². The van der Waals surface area contributed by atoms with Gasteiger partial charge in [-0.15, -0.1) is 10.2 Å². The molecule has 10 nitrogen and oxygen atoms in total. The minimum absolute atomic E-state index is 0.198.